The molecule has 1 aromatic heterocycles. The van der Waals surface area contributed by atoms with Crippen LogP contribution in [0.5, 0.6) is 0 Å². The van der Waals surface area contributed by atoms with E-state index in [2.05, 4.69) is 24.2 Å². The van der Waals surface area contributed by atoms with Gasteiger partial charge in [-0.15, -0.1) is 5.10 Å². The molecule has 1 N–H and O–H groups in total. The Morgan fingerprint density at radius 3 is 2.69 bits per heavy atom. The van der Waals surface area contributed by atoms with Gasteiger partial charge in [0.1, 0.15) is 0 Å². The SMILES string of the molecule is CC(C)Cn1nnc(C(=O)O)c1C1CCC1. The molecular weight excluding hydrogens is 206 g/mol. The van der Waals surface area contributed by atoms with Gasteiger partial charge >= 0.3 is 5.97 Å². The van der Waals surface area contributed by atoms with Crippen LogP contribution in [0.1, 0.15) is 55.2 Å². The van der Waals surface area contributed by atoms with E-state index in [1.807, 2.05) is 0 Å². The van der Waals surface area contributed by atoms with Crippen molar-refractivity contribution >= 4 is 5.97 Å². The summed E-state index contributed by atoms with van der Waals surface area (Å²) in [5, 5.41) is 16.8. The predicted molar refractivity (Wildman–Crippen MR) is 58.4 cm³/mol. The number of hydrogen-bond donors (Lipinski definition) is 1. The number of carboxylic acid groups (broad SMARTS) is 1. The number of hydrogen-bond acceptors (Lipinski definition) is 3. The van der Waals surface area contributed by atoms with Crippen molar-refractivity contribution in [3.63, 3.8) is 0 Å². The molecule has 88 valence electrons. The van der Waals surface area contributed by atoms with E-state index in [1.165, 1.54) is 6.42 Å². The maximum atomic E-state index is 11.0. The van der Waals surface area contributed by atoms with Crippen LogP contribution >= 0.6 is 0 Å². The summed E-state index contributed by atoms with van der Waals surface area (Å²) < 4.78 is 1.78. The molecule has 0 aliphatic heterocycles. The maximum Gasteiger partial charge on any atom is 0.358 e. The lowest BCUT2D eigenvalue weighted by molar-refractivity contribution is 0.0687. The van der Waals surface area contributed by atoms with Crippen LogP contribution in [-0.2, 0) is 6.54 Å². The van der Waals surface area contributed by atoms with Crippen molar-refractivity contribution in [1.29, 1.82) is 0 Å². The van der Waals surface area contributed by atoms with E-state index in [4.69, 9.17) is 5.11 Å². The van der Waals surface area contributed by atoms with Crippen LogP contribution < -0.4 is 0 Å². The van der Waals surface area contributed by atoms with Crippen LogP contribution in [0.25, 0.3) is 0 Å². The van der Waals surface area contributed by atoms with E-state index in [9.17, 15) is 4.79 Å². The number of carboxylic acids is 1. The second-order valence-electron chi connectivity index (χ2n) is 4.83. The van der Waals surface area contributed by atoms with Gasteiger partial charge < -0.3 is 5.11 Å². The highest BCUT2D eigenvalue weighted by molar-refractivity contribution is 5.86. The molecule has 0 aromatic carbocycles. The molecule has 16 heavy (non-hydrogen) atoms. The van der Waals surface area contributed by atoms with E-state index in [0.29, 0.717) is 11.8 Å². The quantitative estimate of drug-likeness (QED) is 0.846. The molecule has 1 fully saturated rings. The van der Waals surface area contributed by atoms with Gasteiger partial charge in [-0.3, -0.25) is 0 Å². The molecule has 0 radical (unpaired) electrons. The monoisotopic (exact) mass is 223 g/mol. The topological polar surface area (TPSA) is 68.0 Å². The first-order valence-corrected chi connectivity index (χ1v) is 5.76. The Labute approximate surface area is 94.5 Å². The fourth-order valence-corrected chi connectivity index (χ4v) is 2.04. The molecule has 1 aromatic rings. The number of carbonyl (C=O) groups is 1. The lowest BCUT2D eigenvalue weighted by Crippen LogP contribution is -2.19. The standard InChI is InChI=1S/C11H17N3O2/c1-7(2)6-14-10(8-4-3-5-8)9(11(15)16)12-13-14/h7-8H,3-6H2,1-2H3,(H,15,16). The highest BCUT2D eigenvalue weighted by Crippen LogP contribution is 2.37. The lowest BCUT2D eigenvalue weighted by atomic mass is 9.82. The molecule has 0 bridgehead atoms. The Morgan fingerprint density at radius 1 is 1.56 bits per heavy atom. The molecule has 1 saturated carbocycles. The normalized spacial score (nSPS) is 16.4. The predicted octanol–water partition coefficient (Wildman–Crippen LogP) is 1.90. The summed E-state index contributed by atoms with van der Waals surface area (Å²) in [7, 11) is 0. The summed E-state index contributed by atoms with van der Waals surface area (Å²) in [6.07, 6.45) is 3.30. The zero-order valence-electron chi connectivity index (χ0n) is 9.68. The van der Waals surface area contributed by atoms with Crippen molar-refractivity contribution in [2.24, 2.45) is 5.92 Å². The minimum absolute atomic E-state index is 0.144. The number of rotatable bonds is 4. The van der Waals surface area contributed by atoms with Crippen LogP contribution in [-0.4, -0.2) is 26.1 Å². The first kappa shape index (κ1) is 11.1. The van der Waals surface area contributed by atoms with Crippen LogP contribution in [0.15, 0.2) is 0 Å². The maximum absolute atomic E-state index is 11.0. The minimum atomic E-state index is -0.961. The smallest absolute Gasteiger partial charge is 0.358 e. The van der Waals surface area contributed by atoms with Crippen molar-refractivity contribution in [1.82, 2.24) is 15.0 Å². The van der Waals surface area contributed by atoms with E-state index in [-0.39, 0.29) is 5.69 Å². The average Bonchev–Trinajstić information content (AvgIpc) is 2.45. The fraction of sp³-hybridized carbons (Fsp3) is 0.727. The van der Waals surface area contributed by atoms with Gasteiger partial charge in [-0.25, -0.2) is 9.48 Å². The first-order chi connectivity index (χ1) is 7.59. The van der Waals surface area contributed by atoms with Crippen LogP contribution in [0.3, 0.4) is 0 Å². The highest BCUT2D eigenvalue weighted by Gasteiger charge is 2.30. The third kappa shape index (κ3) is 1.94. The van der Waals surface area contributed by atoms with Crippen molar-refractivity contribution < 1.29 is 9.90 Å². The average molecular weight is 223 g/mol. The molecule has 0 atom stereocenters. The van der Waals surface area contributed by atoms with E-state index in [0.717, 1.165) is 25.1 Å². The molecule has 1 heterocycles. The van der Waals surface area contributed by atoms with Crippen molar-refractivity contribution in [3.05, 3.63) is 11.4 Å². The van der Waals surface area contributed by atoms with E-state index >= 15 is 0 Å². The molecular formula is C11H17N3O2. The Bertz CT molecular complexity index is 394. The second-order valence-corrected chi connectivity index (χ2v) is 4.83. The van der Waals surface area contributed by atoms with Gasteiger partial charge in [0.2, 0.25) is 0 Å². The Hall–Kier alpha value is -1.39. The number of aromatic nitrogens is 3. The third-order valence-corrected chi connectivity index (χ3v) is 3.01. The summed E-state index contributed by atoms with van der Waals surface area (Å²) in [6, 6.07) is 0. The summed E-state index contributed by atoms with van der Waals surface area (Å²) in [5.41, 5.74) is 0.970. The lowest BCUT2D eigenvalue weighted by Gasteiger charge is -2.26. The van der Waals surface area contributed by atoms with Crippen molar-refractivity contribution in [3.8, 4) is 0 Å². The second kappa shape index (κ2) is 4.23. The van der Waals surface area contributed by atoms with Gasteiger partial charge in [0, 0.05) is 12.5 Å². The molecule has 1 aliphatic rings. The Kier molecular flexibility index (Phi) is 2.94. The van der Waals surface area contributed by atoms with Gasteiger partial charge in [0.25, 0.3) is 0 Å². The Balaban J connectivity index is 2.33. The summed E-state index contributed by atoms with van der Waals surface area (Å²) in [4.78, 5) is 11.0. The summed E-state index contributed by atoms with van der Waals surface area (Å²) in [5.74, 6) is -0.168. The van der Waals surface area contributed by atoms with Gasteiger partial charge in [0.05, 0.1) is 5.69 Å². The molecule has 2 rings (SSSR count). The van der Waals surface area contributed by atoms with E-state index < -0.39 is 5.97 Å². The minimum Gasteiger partial charge on any atom is -0.476 e. The van der Waals surface area contributed by atoms with Gasteiger partial charge in [-0.05, 0) is 18.8 Å². The molecule has 0 unspecified atom stereocenters. The third-order valence-electron chi connectivity index (χ3n) is 3.01. The van der Waals surface area contributed by atoms with E-state index in [1.54, 1.807) is 4.68 Å². The Morgan fingerprint density at radius 2 is 2.25 bits per heavy atom. The van der Waals surface area contributed by atoms with Crippen LogP contribution in [0.4, 0.5) is 0 Å². The first-order valence-electron chi connectivity index (χ1n) is 5.76. The van der Waals surface area contributed by atoms with Crippen LogP contribution in [0.2, 0.25) is 0 Å². The molecule has 0 saturated heterocycles. The number of aromatic carboxylic acids is 1. The van der Waals surface area contributed by atoms with Crippen LogP contribution in [0, 0.1) is 5.92 Å². The largest absolute Gasteiger partial charge is 0.476 e. The molecule has 5 nitrogen and oxygen atoms in total. The van der Waals surface area contributed by atoms with Gasteiger partial charge in [0.15, 0.2) is 5.69 Å². The van der Waals surface area contributed by atoms with Gasteiger partial charge in [-0.1, -0.05) is 25.5 Å². The molecule has 0 amide bonds. The molecule has 1 aliphatic carbocycles. The summed E-state index contributed by atoms with van der Waals surface area (Å²) in [6.45, 7) is 4.92. The molecule has 5 heteroatoms. The number of nitrogens with zero attached hydrogens (tertiary/aromatic N) is 3. The highest BCUT2D eigenvalue weighted by atomic mass is 16.4. The van der Waals surface area contributed by atoms with Crippen molar-refractivity contribution in [2.45, 2.75) is 45.6 Å². The zero-order chi connectivity index (χ0) is 11.7. The summed E-state index contributed by atoms with van der Waals surface area (Å²) >= 11 is 0. The molecule has 0 spiro atoms. The fourth-order valence-electron chi connectivity index (χ4n) is 2.04. The van der Waals surface area contributed by atoms with Crippen molar-refractivity contribution in [2.75, 3.05) is 0 Å². The van der Waals surface area contributed by atoms with Gasteiger partial charge in [-0.2, -0.15) is 0 Å². The zero-order valence-corrected chi connectivity index (χ0v) is 9.68.